The highest BCUT2D eigenvalue weighted by molar-refractivity contribution is 6.32. The van der Waals surface area contributed by atoms with Crippen LogP contribution in [0.15, 0.2) is 24.4 Å². The van der Waals surface area contributed by atoms with Crippen LogP contribution in [0.3, 0.4) is 0 Å². The second-order valence-electron chi connectivity index (χ2n) is 2.67. The van der Waals surface area contributed by atoms with Crippen LogP contribution in [-0.4, -0.2) is 15.0 Å². The van der Waals surface area contributed by atoms with Gasteiger partial charge in [-0.3, -0.25) is 0 Å². The summed E-state index contributed by atoms with van der Waals surface area (Å²) in [4.78, 5) is 1.33. The Morgan fingerprint density at radius 1 is 1.29 bits per heavy atom. The molecule has 0 aliphatic rings. The van der Waals surface area contributed by atoms with Crippen molar-refractivity contribution >= 4 is 28.9 Å². The van der Waals surface area contributed by atoms with E-state index in [9.17, 15) is 0 Å². The van der Waals surface area contributed by atoms with Crippen LogP contribution in [0, 0.1) is 0 Å². The molecule has 0 saturated heterocycles. The molecular weight excluding hydrogens is 223 g/mol. The van der Waals surface area contributed by atoms with Crippen molar-refractivity contribution in [1.29, 1.82) is 0 Å². The zero-order valence-corrected chi connectivity index (χ0v) is 8.50. The summed E-state index contributed by atoms with van der Waals surface area (Å²) in [5.74, 6) is 0. The molecule has 2 aromatic rings. The maximum atomic E-state index is 5.94. The van der Waals surface area contributed by atoms with E-state index in [1.165, 1.54) is 11.0 Å². The smallest absolute Gasteiger partial charge is 0.171 e. The summed E-state index contributed by atoms with van der Waals surface area (Å²) in [6.45, 7) is 0. The highest BCUT2D eigenvalue weighted by atomic mass is 35.5. The van der Waals surface area contributed by atoms with E-state index in [2.05, 4.69) is 10.2 Å². The number of halogens is 2. The first-order valence-electron chi connectivity index (χ1n) is 3.80. The second kappa shape index (κ2) is 3.48. The minimum atomic E-state index is 0.309. The van der Waals surface area contributed by atoms with E-state index >= 15 is 0 Å². The third-order valence-electron chi connectivity index (χ3n) is 1.65. The summed E-state index contributed by atoms with van der Waals surface area (Å²) >= 11 is 11.6. The van der Waals surface area contributed by atoms with E-state index in [1.54, 1.807) is 18.2 Å². The summed E-state index contributed by atoms with van der Waals surface area (Å²) in [6.07, 6.45) is 1.43. The maximum Gasteiger partial charge on any atom is 0.171 e. The fourth-order valence-electron chi connectivity index (χ4n) is 1.04. The van der Waals surface area contributed by atoms with E-state index in [0.717, 1.165) is 0 Å². The molecule has 0 aliphatic carbocycles. The Hall–Kier alpha value is -1.26. The van der Waals surface area contributed by atoms with Crippen molar-refractivity contribution < 1.29 is 0 Å². The number of nitrogens with two attached hydrogens (primary N) is 1. The fourth-order valence-corrected chi connectivity index (χ4v) is 1.35. The Balaban J connectivity index is 2.55. The molecular formula is C8H6Cl2N4. The molecule has 1 heterocycles. The zero-order valence-electron chi connectivity index (χ0n) is 6.98. The monoisotopic (exact) mass is 228 g/mol. The Kier molecular flexibility index (Phi) is 2.31. The molecule has 0 saturated carbocycles. The standard InChI is InChI=1S/C8H6Cl2N4/c9-6-2-1-5(11)3-7(6)14-12-4-8(10)13-14/h1-4H,11H2. The number of nitrogen functional groups attached to an aromatic ring is 1. The van der Waals surface area contributed by atoms with Gasteiger partial charge in [0, 0.05) is 5.69 Å². The first-order chi connectivity index (χ1) is 6.66. The van der Waals surface area contributed by atoms with Crippen LogP contribution in [-0.2, 0) is 0 Å². The summed E-state index contributed by atoms with van der Waals surface area (Å²) < 4.78 is 0. The number of rotatable bonds is 1. The largest absolute Gasteiger partial charge is 0.399 e. The lowest BCUT2D eigenvalue weighted by atomic mass is 10.3. The molecule has 0 fully saturated rings. The molecule has 2 rings (SSSR count). The van der Waals surface area contributed by atoms with Gasteiger partial charge in [-0.25, -0.2) is 0 Å². The average Bonchev–Trinajstić information content (AvgIpc) is 2.56. The Bertz CT molecular complexity index is 466. The van der Waals surface area contributed by atoms with Crippen LogP contribution >= 0.6 is 23.2 Å². The van der Waals surface area contributed by atoms with Gasteiger partial charge < -0.3 is 5.73 Å². The highest BCUT2D eigenvalue weighted by Crippen LogP contribution is 2.21. The summed E-state index contributed by atoms with van der Waals surface area (Å²) in [7, 11) is 0. The fraction of sp³-hybridized carbons (Fsp3) is 0. The zero-order chi connectivity index (χ0) is 10.1. The van der Waals surface area contributed by atoms with Crippen LogP contribution in [0.2, 0.25) is 10.2 Å². The van der Waals surface area contributed by atoms with Gasteiger partial charge in [-0.1, -0.05) is 23.2 Å². The maximum absolute atomic E-state index is 5.94. The van der Waals surface area contributed by atoms with Crippen LogP contribution < -0.4 is 5.73 Å². The van der Waals surface area contributed by atoms with Gasteiger partial charge in [-0.15, -0.1) is 9.90 Å². The van der Waals surface area contributed by atoms with Crippen molar-refractivity contribution in [2.45, 2.75) is 0 Å². The molecule has 0 bridgehead atoms. The van der Waals surface area contributed by atoms with Crippen molar-refractivity contribution in [1.82, 2.24) is 15.0 Å². The van der Waals surface area contributed by atoms with E-state index < -0.39 is 0 Å². The molecule has 0 unspecified atom stereocenters. The van der Waals surface area contributed by atoms with Crippen LogP contribution in [0.1, 0.15) is 0 Å². The third kappa shape index (κ3) is 1.66. The molecule has 4 nitrogen and oxygen atoms in total. The molecule has 1 aromatic heterocycles. The van der Waals surface area contributed by atoms with Crippen LogP contribution in [0.25, 0.3) is 5.69 Å². The first-order valence-corrected chi connectivity index (χ1v) is 4.55. The Labute approximate surface area is 90.2 Å². The minimum Gasteiger partial charge on any atom is -0.399 e. The molecule has 2 N–H and O–H groups in total. The number of anilines is 1. The quantitative estimate of drug-likeness (QED) is 0.762. The number of hydrogen-bond acceptors (Lipinski definition) is 3. The van der Waals surface area contributed by atoms with Crippen molar-refractivity contribution in [2.75, 3.05) is 5.73 Å². The SMILES string of the molecule is Nc1ccc(Cl)c(-n2ncc(Cl)n2)c1. The van der Waals surface area contributed by atoms with Crippen molar-refractivity contribution in [3.8, 4) is 5.69 Å². The summed E-state index contributed by atoms with van der Waals surface area (Å²) in [6, 6.07) is 5.07. The highest BCUT2D eigenvalue weighted by Gasteiger charge is 2.05. The number of hydrogen-bond donors (Lipinski definition) is 1. The van der Waals surface area contributed by atoms with Gasteiger partial charge in [0.15, 0.2) is 5.15 Å². The third-order valence-corrected chi connectivity index (χ3v) is 2.14. The lowest BCUT2D eigenvalue weighted by molar-refractivity contribution is 0.753. The van der Waals surface area contributed by atoms with Gasteiger partial charge in [0.05, 0.1) is 11.2 Å². The minimum absolute atomic E-state index is 0.309. The van der Waals surface area contributed by atoms with Crippen molar-refractivity contribution in [3.63, 3.8) is 0 Å². The molecule has 0 spiro atoms. The van der Waals surface area contributed by atoms with Gasteiger partial charge in [-0.2, -0.15) is 5.10 Å². The predicted molar refractivity (Wildman–Crippen MR) is 55.8 cm³/mol. The normalized spacial score (nSPS) is 10.4. The first kappa shape index (κ1) is 9.30. The number of benzene rings is 1. The molecule has 0 radical (unpaired) electrons. The molecule has 1 aromatic carbocycles. The molecule has 0 amide bonds. The average molecular weight is 229 g/mol. The van der Waals surface area contributed by atoms with Gasteiger partial charge in [-0.05, 0) is 18.2 Å². The Morgan fingerprint density at radius 2 is 2.07 bits per heavy atom. The lowest BCUT2D eigenvalue weighted by Crippen LogP contribution is -2.00. The van der Waals surface area contributed by atoms with Crippen molar-refractivity contribution in [2.24, 2.45) is 0 Å². The van der Waals surface area contributed by atoms with E-state index in [0.29, 0.717) is 21.6 Å². The number of aromatic nitrogens is 3. The lowest BCUT2D eigenvalue weighted by Gasteiger charge is -2.02. The van der Waals surface area contributed by atoms with E-state index in [1.807, 2.05) is 0 Å². The molecule has 6 heteroatoms. The van der Waals surface area contributed by atoms with Crippen LogP contribution in [0.4, 0.5) is 5.69 Å². The van der Waals surface area contributed by atoms with E-state index in [-0.39, 0.29) is 0 Å². The van der Waals surface area contributed by atoms with E-state index in [4.69, 9.17) is 28.9 Å². The molecule has 14 heavy (non-hydrogen) atoms. The molecule has 0 aliphatic heterocycles. The van der Waals surface area contributed by atoms with Crippen molar-refractivity contribution in [3.05, 3.63) is 34.6 Å². The van der Waals surface area contributed by atoms with Gasteiger partial charge in [0.25, 0.3) is 0 Å². The Morgan fingerprint density at radius 3 is 2.71 bits per heavy atom. The van der Waals surface area contributed by atoms with Crippen LogP contribution in [0.5, 0.6) is 0 Å². The van der Waals surface area contributed by atoms with Gasteiger partial charge in [0.1, 0.15) is 5.69 Å². The number of nitrogens with zero attached hydrogens (tertiary/aromatic N) is 3. The summed E-state index contributed by atoms with van der Waals surface area (Å²) in [5.41, 5.74) is 6.82. The van der Waals surface area contributed by atoms with Gasteiger partial charge >= 0.3 is 0 Å². The molecule has 72 valence electrons. The van der Waals surface area contributed by atoms with Gasteiger partial charge in [0.2, 0.25) is 0 Å². The molecule has 0 atom stereocenters. The predicted octanol–water partition coefficient (Wildman–Crippen LogP) is 2.16. The summed E-state index contributed by atoms with van der Waals surface area (Å²) in [5, 5.41) is 8.66. The second-order valence-corrected chi connectivity index (χ2v) is 3.46. The topological polar surface area (TPSA) is 56.7 Å².